The molecule has 1 heterocycles. The minimum atomic E-state index is -0.464. The fraction of sp³-hybridized carbons (Fsp3) is 0.250. The maximum Gasteiger partial charge on any atom is 0.254 e. The van der Waals surface area contributed by atoms with Crippen LogP contribution in [0.2, 0.25) is 0 Å². The lowest BCUT2D eigenvalue weighted by atomic mass is 10.1. The minimum absolute atomic E-state index is 0.197. The molecule has 0 aliphatic rings. The van der Waals surface area contributed by atoms with Crippen LogP contribution < -0.4 is 0 Å². The molecule has 7 heteroatoms. The van der Waals surface area contributed by atoms with Gasteiger partial charge in [-0.2, -0.15) is 4.98 Å². The van der Waals surface area contributed by atoms with Gasteiger partial charge >= 0.3 is 0 Å². The molecule has 1 amide bonds. The van der Waals surface area contributed by atoms with Gasteiger partial charge in [0.25, 0.3) is 5.91 Å². The van der Waals surface area contributed by atoms with Crippen LogP contribution in [0.3, 0.4) is 0 Å². The van der Waals surface area contributed by atoms with E-state index in [0.717, 1.165) is 0 Å². The van der Waals surface area contributed by atoms with Crippen molar-refractivity contribution in [3.63, 3.8) is 0 Å². The van der Waals surface area contributed by atoms with Gasteiger partial charge in [0.2, 0.25) is 6.39 Å². The SMILES string of the molecule is Cc1c(Br)cc(F)cc1C(=O)N(C)Cc1ncon1. The third-order valence-corrected chi connectivity index (χ3v) is 3.50. The molecule has 0 saturated heterocycles. The van der Waals surface area contributed by atoms with E-state index in [2.05, 4.69) is 30.6 Å². The highest BCUT2D eigenvalue weighted by molar-refractivity contribution is 9.10. The van der Waals surface area contributed by atoms with Gasteiger partial charge in [-0.15, -0.1) is 0 Å². The monoisotopic (exact) mass is 327 g/mol. The molecule has 0 N–H and O–H groups in total. The topological polar surface area (TPSA) is 59.2 Å². The van der Waals surface area contributed by atoms with Crippen molar-refractivity contribution in [3.05, 3.63) is 45.8 Å². The molecular formula is C12H11BrFN3O2. The van der Waals surface area contributed by atoms with Crippen molar-refractivity contribution in [2.24, 2.45) is 0 Å². The molecule has 0 fully saturated rings. The van der Waals surface area contributed by atoms with Crippen LogP contribution in [0.25, 0.3) is 0 Å². The predicted molar refractivity (Wildman–Crippen MR) is 68.9 cm³/mol. The van der Waals surface area contributed by atoms with Crippen LogP contribution in [0.4, 0.5) is 4.39 Å². The predicted octanol–water partition coefficient (Wildman–Crippen LogP) is 2.55. The Hall–Kier alpha value is -1.76. The first kappa shape index (κ1) is 13.7. The van der Waals surface area contributed by atoms with Gasteiger partial charge in [0.05, 0.1) is 6.54 Å². The number of halogens is 2. The lowest BCUT2D eigenvalue weighted by Crippen LogP contribution is -2.27. The summed E-state index contributed by atoms with van der Waals surface area (Å²) >= 11 is 3.22. The van der Waals surface area contributed by atoms with Gasteiger partial charge in [0.15, 0.2) is 5.82 Å². The molecule has 0 saturated carbocycles. The summed E-state index contributed by atoms with van der Waals surface area (Å²) < 4.78 is 18.5. The average Bonchev–Trinajstić information content (AvgIpc) is 2.85. The second-order valence-electron chi connectivity index (χ2n) is 4.07. The largest absolute Gasteiger partial charge is 0.343 e. The molecule has 0 aliphatic carbocycles. The Kier molecular flexibility index (Phi) is 3.94. The van der Waals surface area contributed by atoms with E-state index in [-0.39, 0.29) is 12.5 Å². The fourth-order valence-electron chi connectivity index (χ4n) is 1.62. The van der Waals surface area contributed by atoms with Crippen LogP contribution in [0, 0.1) is 12.7 Å². The molecule has 100 valence electrons. The van der Waals surface area contributed by atoms with Crippen molar-refractivity contribution in [2.45, 2.75) is 13.5 Å². The van der Waals surface area contributed by atoms with Crippen LogP contribution in [0.15, 0.2) is 27.5 Å². The summed E-state index contributed by atoms with van der Waals surface area (Å²) in [5.41, 5.74) is 0.990. The van der Waals surface area contributed by atoms with Crippen molar-refractivity contribution in [1.82, 2.24) is 15.0 Å². The number of carbonyl (C=O) groups excluding carboxylic acids is 1. The summed E-state index contributed by atoms with van der Waals surface area (Å²) in [6.07, 6.45) is 1.19. The lowest BCUT2D eigenvalue weighted by Gasteiger charge is -2.17. The Morgan fingerprint density at radius 3 is 2.89 bits per heavy atom. The number of aromatic nitrogens is 2. The van der Waals surface area contributed by atoms with E-state index < -0.39 is 5.82 Å². The van der Waals surface area contributed by atoms with E-state index in [1.54, 1.807) is 14.0 Å². The summed E-state index contributed by atoms with van der Waals surface area (Å²) in [4.78, 5) is 17.5. The standard InChI is InChI=1S/C12H11BrFN3O2/c1-7-9(3-8(14)4-10(7)13)12(18)17(2)5-11-15-6-19-16-11/h3-4,6H,5H2,1-2H3. The molecule has 0 atom stereocenters. The summed E-state index contributed by atoms with van der Waals surface area (Å²) in [6, 6.07) is 2.54. The molecule has 2 aromatic rings. The highest BCUT2D eigenvalue weighted by Gasteiger charge is 2.18. The number of rotatable bonds is 3. The van der Waals surface area contributed by atoms with Crippen LogP contribution in [0.5, 0.6) is 0 Å². The number of hydrogen-bond donors (Lipinski definition) is 0. The molecule has 0 bridgehead atoms. The zero-order valence-corrected chi connectivity index (χ0v) is 11.9. The maximum atomic E-state index is 13.4. The van der Waals surface area contributed by atoms with Gasteiger partial charge in [-0.25, -0.2) is 4.39 Å². The third kappa shape index (κ3) is 2.98. The Labute approximate surface area is 117 Å². The van der Waals surface area contributed by atoms with E-state index in [4.69, 9.17) is 0 Å². The van der Waals surface area contributed by atoms with E-state index in [1.807, 2.05) is 0 Å². The van der Waals surface area contributed by atoms with Crippen molar-refractivity contribution in [1.29, 1.82) is 0 Å². The summed E-state index contributed by atoms with van der Waals surface area (Å²) in [5.74, 6) is -0.375. The molecular weight excluding hydrogens is 317 g/mol. The third-order valence-electron chi connectivity index (χ3n) is 2.67. The number of nitrogens with zero attached hydrogens (tertiary/aromatic N) is 3. The molecule has 0 radical (unpaired) electrons. The second kappa shape index (κ2) is 5.48. The average molecular weight is 328 g/mol. The van der Waals surface area contributed by atoms with Crippen LogP contribution in [0.1, 0.15) is 21.7 Å². The molecule has 1 aromatic heterocycles. The highest BCUT2D eigenvalue weighted by Crippen LogP contribution is 2.22. The van der Waals surface area contributed by atoms with Crippen LogP contribution in [-0.4, -0.2) is 28.0 Å². The first-order chi connectivity index (χ1) is 8.99. The van der Waals surface area contributed by atoms with Gasteiger partial charge in [-0.1, -0.05) is 21.1 Å². The van der Waals surface area contributed by atoms with Crippen LogP contribution in [-0.2, 0) is 6.54 Å². The number of amides is 1. The molecule has 19 heavy (non-hydrogen) atoms. The van der Waals surface area contributed by atoms with E-state index in [1.165, 1.54) is 23.4 Å². The van der Waals surface area contributed by atoms with E-state index in [0.29, 0.717) is 21.4 Å². The normalized spacial score (nSPS) is 10.5. The maximum absolute atomic E-state index is 13.4. The molecule has 1 aromatic carbocycles. The zero-order chi connectivity index (χ0) is 14.0. The van der Waals surface area contributed by atoms with Gasteiger partial charge in [-0.3, -0.25) is 4.79 Å². The minimum Gasteiger partial charge on any atom is -0.343 e. The fourth-order valence-corrected chi connectivity index (χ4v) is 2.05. The van der Waals surface area contributed by atoms with Gasteiger partial charge in [-0.05, 0) is 24.6 Å². The lowest BCUT2D eigenvalue weighted by molar-refractivity contribution is 0.0779. The summed E-state index contributed by atoms with van der Waals surface area (Å²) in [6.45, 7) is 1.95. The van der Waals surface area contributed by atoms with Crippen molar-refractivity contribution in [2.75, 3.05) is 7.05 Å². The first-order valence-corrected chi connectivity index (χ1v) is 6.24. The smallest absolute Gasteiger partial charge is 0.254 e. The molecule has 0 aliphatic heterocycles. The van der Waals surface area contributed by atoms with Crippen molar-refractivity contribution >= 4 is 21.8 Å². The van der Waals surface area contributed by atoms with E-state index >= 15 is 0 Å². The number of benzene rings is 1. The number of hydrogen-bond acceptors (Lipinski definition) is 4. The van der Waals surface area contributed by atoms with Crippen molar-refractivity contribution < 1.29 is 13.7 Å². The van der Waals surface area contributed by atoms with Gasteiger partial charge in [0, 0.05) is 17.1 Å². The Morgan fingerprint density at radius 1 is 1.53 bits per heavy atom. The Morgan fingerprint density at radius 2 is 2.26 bits per heavy atom. The second-order valence-corrected chi connectivity index (χ2v) is 4.92. The van der Waals surface area contributed by atoms with Crippen molar-refractivity contribution in [3.8, 4) is 0 Å². The molecule has 5 nitrogen and oxygen atoms in total. The molecule has 2 rings (SSSR count). The zero-order valence-electron chi connectivity index (χ0n) is 10.4. The quantitative estimate of drug-likeness (QED) is 0.869. The van der Waals surface area contributed by atoms with Gasteiger partial charge in [0.1, 0.15) is 5.82 Å². The van der Waals surface area contributed by atoms with Gasteiger partial charge < -0.3 is 9.42 Å². The summed E-state index contributed by atoms with van der Waals surface area (Å²) in [5, 5.41) is 3.63. The first-order valence-electron chi connectivity index (χ1n) is 5.45. The Bertz CT molecular complexity index is 601. The highest BCUT2D eigenvalue weighted by atomic mass is 79.9. The molecule has 0 unspecified atom stereocenters. The summed E-state index contributed by atoms with van der Waals surface area (Å²) in [7, 11) is 1.59. The number of carbonyl (C=O) groups is 1. The van der Waals surface area contributed by atoms with Crippen LogP contribution >= 0.6 is 15.9 Å². The Balaban J connectivity index is 2.24. The molecule has 0 spiro atoms. The van der Waals surface area contributed by atoms with E-state index in [9.17, 15) is 9.18 Å².